The molecule has 6 heteroatoms. The van der Waals surface area contributed by atoms with E-state index in [-0.39, 0.29) is 12.4 Å². The fourth-order valence-corrected chi connectivity index (χ4v) is 2.16. The van der Waals surface area contributed by atoms with Crippen LogP contribution in [0.2, 0.25) is 5.02 Å². The number of halogens is 1. The summed E-state index contributed by atoms with van der Waals surface area (Å²) in [7, 11) is -3.01. The van der Waals surface area contributed by atoms with Crippen molar-refractivity contribution in [1.29, 1.82) is 0 Å². The zero-order valence-corrected chi connectivity index (χ0v) is 12.9. The van der Waals surface area contributed by atoms with E-state index in [4.69, 9.17) is 16.3 Å². The summed E-state index contributed by atoms with van der Waals surface area (Å²) in [6.07, 6.45) is 2.23. The van der Waals surface area contributed by atoms with Crippen molar-refractivity contribution in [2.75, 3.05) is 25.2 Å². The van der Waals surface area contributed by atoms with Gasteiger partial charge in [-0.05, 0) is 25.1 Å². The number of rotatable bonds is 8. The van der Waals surface area contributed by atoms with Gasteiger partial charge in [0, 0.05) is 23.4 Å². The second-order valence-electron chi connectivity index (χ2n) is 4.37. The third-order valence-electron chi connectivity index (χ3n) is 2.52. The second-order valence-corrected chi connectivity index (χ2v) is 7.04. The molecule has 1 aromatic carbocycles. The fraction of sp³-hybridized carbons (Fsp3) is 0.538. The number of hydrogen-bond donors (Lipinski definition) is 1. The van der Waals surface area contributed by atoms with Crippen LogP contribution in [-0.4, -0.2) is 33.6 Å². The molecule has 0 aromatic heterocycles. The summed E-state index contributed by atoms with van der Waals surface area (Å²) in [6.45, 7) is 3.73. The Labute approximate surface area is 120 Å². The minimum absolute atomic E-state index is 0.00133. The molecule has 0 aliphatic rings. The van der Waals surface area contributed by atoms with E-state index >= 15 is 0 Å². The van der Waals surface area contributed by atoms with Crippen molar-refractivity contribution in [2.24, 2.45) is 0 Å². The van der Waals surface area contributed by atoms with E-state index in [1.165, 1.54) is 6.26 Å². The summed E-state index contributed by atoms with van der Waals surface area (Å²) in [5.41, 5.74) is 0.867. The van der Waals surface area contributed by atoms with Gasteiger partial charge in [0.05, 0.1) is 5.75 Å². The molecule has 1 rings (SSSR count). The first-order valence-electron chi connectivity index (χ1n) is 6.22. The summed E-state index contributed by atoms with van der Waals surface area (Å²) >= 11 is 6.14. The maximum absolute atomic E-state index is 11.1. The molecule has 0 saturated heterocycles. The molecule has 0 radical (unpaired) electrons. The predicted octanol–water partition coefficient (Wildman–Crippen LogP) is 2.26. The summed E-state index contributed by atoms with van der Waals surface area (Å²) in [5.74, 6) is 0.640. The van der Waals surface area contributed by atoms with Gasteiger partial charge in [-0.3, -0.25) is 0 Å². The molecule has 108 valence electrons. The minimum Gasteiger partial charge on any atom is -0.492 e. The summed E-state index contributed by atoms with van der Waals surface area (Å²) in [6, 6.07) is 5.40. The summed E-state index contributed by atoms with van der Waals surface area (Å²) in [5, 5.41) is 3.88. The normalized spacial score (nSPS) is 11.5. The van der Waals surface area contributed by atoms with Gasteiger partial charge in [0.2, 0.25) is 0 Å². The molecule has 0 spiro atoms. The quantitative estimate of drug-likeness (QED) is 0.749. The van der Waals surface area contributed by atoms with Crippen molar-refractivity contribution in [3.8, 4) is 5.75 Å². The smallest absolute Gasteiger partial charge is 0.150 e. The van der Waals surface area contributed by atoms with E-state index in [1.807, 2.05) is 0 Å². The van der Waals surface area contributed by atoms with Gasteiger partial charge in [0.1, 0.15) is 12.4 Å². The van der Waals surface area contributed by atoms with E-state index in [0.717, 1.165) is 18.5 Å². The highest BCUT2D eigenvalue weighted by Crippen LogP contribution is 2.26. The highest BCUT2D eigenvalue weighted by molar-refractivity contribution is 7.90. The van der Waals surface area contributed by atoms with E-state index in [1.54, 1.807) is 18.2 Å². The maximum atomic E-state index is 11.1. The molecule has 0 aliphatic heterocycles. The Morgan fingerprint density at radius 3 is 2.74 bits per heavy atom. The minimum atomic E-state index is -3.01. The number of sulfone groups is 1. The zero-order chi connectivity index (χ0) is 14.3. The molecule has 1 aromatic rings. The van der Waals surface area contributed by atoms with Crippen molar-refractivity contribution >= 4 is 21.4 Å². The van der Waals surface area contributed by atoms with Crippen LogP contribution in [-0.2, 0) is 16.4 Å². The second kappa shape index (κ2) is 7.72. The third kappa shape index (κ3) is 6.27. The third-order valence-corrected chi connectivity index (χ3v) is 3.78. The SMILES string of the molecule is CCCNCc1c(Cl)cccc1OCCS(C)(=O)=O. The fourth-order valence-electron chi connectivity index (χ4n) is 1.54. The number of nitrogens with one attached hydrogen (secondary N) is 1. The lowest BCUT2D eigenvalue weighted by Gasteiger charge is -2.13. The van der Waals surface area contributed by atoms with E-state index < -0.39 is 9.84 Å². The van der Waals surface area contributed by atoms with Crippen molar-refractivity contribution in [3.05, 3.63) is 28.8 Å². The molecule has 0 bridgehead atoms. The van der Waals surface area contributed by atoms with Gasteiger partial charge < -0.3 is 10.1 Å². The maximum Gasteiger partial charge on any atom is 0.150 e. The molecule has 0 fully saturated rings. The van der Waals surface area contributed by atoms with Crippen LogP contribution in [0.4, 0.5) is 0 Å². The van der Waals surface area contributed by atoms with Crippen LogP contribution in [0.25, 0.3) is 0 Å². The van der Waals surface area contributed by atoms with Crippen molar-refractivity contribution < 1.29 is 13.2 Å². The topological polar surface area (TPSA) is 55.4 Å². The van der Waals surface area contributed by atoms with Crippen molar-refractivity contribution in [1.82, 2.24) is 5.32 Å². The molecule has 0 unspecified atom stereocenters. The van der Waals surface area contributed by atoms with Gasteiger partial charge in [-0.25, -0.2) is 8.42 Å². The van der Waals surface area contributed by atoms with Crippen LogP contribution in [0.1, 0.15) is 18.9 Å². The molecule has 0 amide bonds. The van der Waals surface area contributed by atoms with Crippen LogP contribution in [0, 0.1) is 0 Å². The Hall–Kier alpha value is -0.780. The molecule has 1 N–H and O–H groups in total. The molecule has 0 saturated carbocycles. The summed E-state index contributed by atoms with van der Waals surface area (Å²) < 4.78 is 27.7. The Morgan fingerprint density at radius 1 is 1.37 bits per heavy atom. The van der Waals surface area contributed by atoms with Gasteiger partial charge in [-0.2, -0.15) is 0 Å². The van der Waals surface area contributed by atoms with Gasteiger partial charge >= 0.3 is 0 Å². The van der Waals surface area contributed by atoms with Gasteiger partial charge in [0.15, 0.2) is 9.84 Å². The monoisotopic (exact) mass is 305 g/mol. The average molecular weight is 306 g/mol. The Balaban J connectivity index is 2.68. The van der Waals surface area contributed by atoms with Crippen LogP contribution < -0.4 is 10.1 Å². The Bertz CT molecular complexity index is 503. The molecule has 0 aliphatic carbocycles. The first-order chi connectivity index (χ1) is 8.94. The number of ether oxygens (including phenoxy) is 1. The average Bonchev–Trinajstić information content (AvgIpc) is 2.31. The first kappa shape index (κ1) is 16.3. The lowest BCUT2D eigenvalue weighted by Crippen LogP contribution is -2.17. The summed E-state index contributed by atoms with van der Waals surface area (Å²) in [4.78, 5) is 0. The Kier molecular flexibility index (Phi) is 6.62. The lowest BCUT2D eigenvalue weighted by molar-refractivity contribution is 0.336. The van der Waals surface area contributed by atoms with Crippen molar-refractivity contribution in [3.63, 3.8) is 0 Å². The van der Waals surface area contributed by atoms with Gasteiger partial charge in [0.25, 0.3) is 0 Å². The molecular formula is C13H20ClNO3S. The van der Waals surface area contributed by atoms with Crippen LogP contribution in [0.15, 0.2) is 18.2 Å². The molecule has 4 nitrogen and oxygen atoms in total. The van der Waals surface area contributed by atoms with Crippen LogP contribution in [0.5, 0.6) is 5.75 Å². The van der Waals surface area contributed by atoms with E-state index in [0.29, 0.717) is 17.3 Å². The molecule has 19 heavy (non-hydrogen) atoms. The van der Waals surface area contributed by atoms with Gasteiger partial charge in [-0.1, -0.05) is 24.6 Å². The first-order valence-corrected chi connectivity index (χ1v) is 8.66. The predicted molar refractivity (Wildman–Crippen MR) is 78.7 cm³/mol. The van der Waals surface area contributed by atoms with Gasteiger partial charge in [-0.15, -0.1) is 0 Å². The highest BCUT2D eigenvalue weighted by atomic mass is 35.5. The number of hydrogen-bond acceptors (Lipinski definition) is 4. The van der Waals surface area contributed by atoms with Crippen molar-refractivity contribution in [2.45, 2.75) is 19.9 Å². The molecular weight excluding hydrogens is 286 g/mol. The lowest BCUT2D eigenvalue weighted by atomic mass is 10.2. The van der Waals surface area contributed by atoms with E-state index in [9.17, 15) is 8.42 Å². The Morgan fingerprint density at radius 2 is 2.11 bits per heavy atom. The largest absolute Gasteiger partial charge is 0.492 e. The molecule has 0 heterocycles. The van der Waals surface area contributed by atoms with E-state index in [2.05, 4.69) is 12.2 Å². The number of benzene rings is 1. The molecule has 0 atom stereocenters. The highest BCUT2D eigenvalue weighted by Gasteiger charge is 2.09. The van der Waals surface area contributed by atoms with Crippen LogP contribution >= 0.6 is 11.6 Å². The zero-order valence-electron chi connectivity index (χ0n) is 11.3. The van der Waals surface area contributed by atoms with Crippen LogP contribution in [0.3, 0.4) is 0 Å². The standard InChI is InChI=1S/C13H20ClNO3S/c1-3-7-15-10-11-12(14)5-4-6-13(11)18-8-9-19(2,16)17/h4-6,15H,3,7-10H2,1-2H3.